The quantitative estimate of drug-likeness (QED) is 0.290. The van der Waals surface area contributed by atoms with Gasteiger partial charge in [0, 0.05) is 60.5 Å². The van der Waals surface area contributed by atoms with E-state index in [0.29, 0.717) is 23.8 Å². The molecular weight excluding hydrogens is 476 g/mol. The van der Waals surface area contributed by atoms with Crippen LogP contribution in [0.25, 0.3) is 22.0 Å². The number of nitrogens with zero attached hydrogens (tertiary/aromatic N) is 3. The van der Waals surface area contributed by atoms with Gasteiger partial charge >= 0.3 is 0 Å². The highest BCUT2D eigenvalue weighted by molar-refractivity contribution is 5.98. The second kappa shape index (κ2) is 11.3. The van der Waals surface area contributed by atoms with Gasteiger partial charge in [0.1, 0.15) is 5.75 Å². The van der Waals surface area contributed by atoms with Gasteiger partial charge in [0.25, 0.3) is 0 Å². The van der Waals surface area contributed by atoms with Gasteiger partial charge in [-0.3, -0.25) is 0 Å². The van der Waals surface area contributed by atoms with Crippen LogP contribution in [0.1, 0.15) is 24.8 Å². The van der Waals surface area contributed by atoms with Gasteiger partial charge in [-0.1, -0.05) is 24.3 Å². The van der Waals surface area contributed by atoms with Crippen LogP contribution in [0, 0.1) is 12.8 Å². The zero-order valence-electron chi connectivity index (χ0n) is 21.7. The second-order valence-corrected chi connectivity index (χ2v) is 10.1. The molecule has 0 radical (unpaired) electrons. The van der Waals surface area contributed by atoms with Crippen LogP contribution in [0.3, 0.4) is 0 Å². The normalized spacial score (nSPS) is 19.4. The number of hydrogen-bond donors (Lipinski definition) is 3. The molecule has 2 unspecified atom stereocenters. The van der Waals surface area contributed by atoms with Gasteiger partial charge < -0.3 is 25.4 Å². The Balaban J connectivity index is 1.29. The molecule has 2 fully saturated rings. The van der Waals surface area contributed by atoms with E-state index in [-0.39, 0.29) is 0 Å². The van der Waals surface area contributed by atoms with Gasteiger partial charge in [-0.15, -0.1) is 0 Å². The Morgan fingerprint density at radius 2 is 2.00 bits per heavy atom. The van der Waals surface area contributed by atoms with E-state index in [1.54, 1.807) is 12.4 Å². The minimum atomic E-state index is 0.325. The van der Waals surface area contributed by atoms with Crippen LogP contribution in [-0.2, 0) is 4.74 Å². The molecular formula is C30H34N6O2. The summed E-state index contributed by atoms with van der Waals surface area (Å²) in [5.74, 6) is 2.49. The molecule has 0 spiro atoms. The smallest absolute Gasteiger partial charge is 0.228 e. The molecule has 4 aromatic rings. The Hall–Kier alpha value is -3.75. The molecule has 0 aliphatic carbocycles. The molecule has 3 N–H and O–H groups in total. The highest BCUT2D eigenvalue weighted by atomic mass is 16.5. The van der Waals surface area contributed by atoms with Crippen molar-refractivity contribution < 1.29 is 9.47 Å². The van der Waals surface area contributed by atoms with E-state index < -0.39 is 0 Å². The van der Waals surface area contributed by atoms with Crippen LogP contribution >= 0.6 is 0 Å². The van der Waals surface area contributed by atoms with Gasteiger partial charge in [-0.25, -0.2) is 15.0 Å². The van der Waals surface area contributed by atoms with E-state index in [4.69, 9.17) is 14.5 Å². The first kappa shape index (κ1) is 24.6. The van der Waals surface area contributed by atoms with E-state index in [1.807, 2.05) is 18.2 Å². The number of anilines is 2. The minimum Gasteiger partial charge on any atom is -0.437 e. The first-order valence-electron chi connectivity index (χ1n) is 13.5. The van der Waals surface area contributed by atoms with Crippen molar-refractivity contribution in [1.82, 2.24) is 20.3 Å². The fourth-order valence-corrected chi connectivity index (χ4v) is 5.23. The second-order valence-electron chi connectivity index (χ2n) is 10.1. The molecule has 2 saturated heterocycles. The predicted octanol–water partition coefficient (Wildman–Crippen LogP) is 5.40. The highest BCUT2D eigenvalue weighted by Crippen LogP contribution is 2.38. The summed E-state index contributed by atoms with van der Waals surface area (Å²) in [5, 5.41) is 12.7. The Morgan fingerprint density at radius 1 is 1.03 bits per heavy atom. The number of ether oxygens (including phenoxy) is 2. The fourth-order valence-electron chi connectivity index (χ4n) is 5.23. The molecule has 2 aromatic heterocycles. The van der Waals surface area contributed by atoms with Gasteiger partial charge in [-0.2, -0.15) is 0 Å². The molecule has 0 amide bonds. The summed E-state index contributed by atoms with van der Waals surface area (Å²) in [6.45, 7) is 6.63. The van der Waals surface area contributed by atoms with Crippen LogP contribution < -0.4 is 20.7 Å². The third-order valence-electron chi connectivity index (χ3n) is 7.35. The summed E-state index contributed by atoms with van der Waals surface area (Å²) < 4.78 is 12.1. The zero-order chi connectivity index (χ0) is 25.7. The van der Waals surface area contributed by atoms with Crippen LogP contribution in [0.2, 0.25) is 0 Å². The lowest BCUT2D eigenvalue weighted by molar-refractivity contribution is 0.187. The third-order valence-corrected chi connectivity index (χ3v) is 7.35. The molecule has 2 aliphatic rings. The fraction of sp³-hybridized carbons (Fsp3) is 0.367. The lowest BCUT2D eigenvalue weighted by Gasteiger charge is -2.23. The maximum absolute atomic E-state index is 6.58. The number of aromatic nitrogens is 3. The summed E-state index contributed by atoms with van der Waals surface area (Å²) >= 11 is 0. The van der Waals surface area contributed by atoms with Crippen LogP contribution in [0.5, 0.6) is 11.6 Å². The Kier molecular flexibility index (Phi) is 7.33. The molecule has 4 heterocycles. The maximum atomic E-state index is 6.58. The number of nitrogens with one attached hydrogen (secondary N) is 3. The van der Waals surface area contributed by atoms with E-state index in [1.165, 1.54) is 0 Å². The number of rotatable bonds is 8. The highest BCUT2D eigenvalue weighted by Gasteiger charge is 2.19. The largest absolute Gasteiger partial charge is 0.437 e. The lowest BCUT2D eigenvalue weighted by atomic mass is 10.0. The number of fused-ring (bicyclic) bond motifs is 1. The van der Waals surface area contributed by atoms with Crippen molar-refractivity contribution in [3.63, 3.8) is 0 Å². The molecule has 2 aromatic carbocycles. The molecule has 2 atom stereocenters. The Labute approximate surface area is 223 Å². The van der Waals surface area contributed by atoms with E-state index in [2.05, 4.69) is 63.2 Å². The zero-order valence-corrected chi connectivity index (χ0v) is 21.7. The number of piperidine rings is 1. The monoisotopic (exact) mass is 510 g/mol. The van der Waals surface area contributed by atoms with Gasteiger partial charge in [0.2, 0.25) is 11.8 Å². The number of aryl methyl sites for hydroxylation is 1. The maximum Gasteiger partial charge on any atom is 0.228 e. The average Bonchev–Trinajstić information content (AvgIpc) is 3.48. The van der Waals surface area contributed by atoms with Crippen LogP contribution in [0.15, 0.2) is 60.9 Å². The number of benzene rings is 2. The molecule has 0 saturated carbocycles. The van der Waals surface area contributed by atoms with Crippen LogP contribution in [-0.4, -0.2) is 53.8 Å². The van der Waals surface area contributed by atoms with E-state index >= 15 is 0 Å². The summed E-state index contributed by atoms with van der Waals surface area (Å²) in [7, 11) is 0. The average molecular weight is 511 g/mol. The van der Waals surface area contributed by atoms with Gasteiger partial charge in [0.15, 0.2) is 0 Å². The van der Waals surface area contributed by atoms with Crippen molar-refractivity contribution in [3.8, 4) is 22.9 Å². The van der Waals surface area contributed by atoms with Crippen LogP contribution in [0.4, 0.5) is 11.6 Å². The molecule has 0 bridgehead atoms. The van der Waals surface area contributed by atoms with Crippen molar-refractivity contribution in [1.29, 1.82) is 0 Å². The molecule has 6 rings (SSSR count). The molecule has 8 nitrogen and oxygen atoms in total. The number of pyridine rings is 1. The van der Waals surface area contributed by atoms with Crippen molar-refractivity contribution >= 4 is 22.4 Å². The SMILES string of the molecule is Cc1ccc2c(NCC3CCOC3)cccc2c1Oc1ncccc1-c1ccnc(NC2CCCNC2)n1. The topological polar surface area (TPSA) is 93.2 Å². The molecule has 38 heavy (non-hydrogen) atoms. The Morgan fingerprint density at radius 3 is 2.87 bits per heavy atom. The van der Waals surface area contributed by atoms with Crippen molar-refractivity contribution in [3.05, 3.63) is 66.5 Å². The first-order chi connectivity index (χ1) is 18.7. The lowest BCUT2D eigenvalue weighted by Crippen LogP contribution is -2.38. The minimum absolute atomic E-state index is 0.325. The summed E-state index contributed by atoms with van der Waals surface area (Å²) in [4.78, 5) is 13.9. The van der Waals surface area contributed by atoms with E-state index in [9.17, 15) is 0 Å². The predicted molar refractivity (Wildman–Crippen MR) is 151 cm³/mol. The summed E-state index contributed by atoms with van der Waals surface area (Å²) in [5.41, 5.74) is 3.74. The van der Waals surface area contributed by atoms with Crippen molar-refractivity contribution in [2.24, 2.45) is 5.92 Å². The standard InChI is InChI=1S/C30H34N6O2/c1-20-9-10-23-24(6-2-8-26(23)34-17-21-12-16-37-19-21)28(20)38-29-25(7-4-14-32-29)27-11-15-33-30(36-27)35-22-5-3-13-31-18-22/h2,4,6-11,14-15,21-22,31,34H,3,5,12-13,16-19H2,1H3,(H,33,35,36). The number of hydrogen-bond acceptors (Lipinski definition) is 8. The van der Waals surface area contributed by atoms with Gasteiger partial charge in [-0.05, 0) is 62.6 Å². The first-order valence-corrected chi connectivity index (χ1v) is 13.5. The van der Waals surface area contributed by atoms with Gasteiger partial charge in [0.05, 0.1) is 17.9 Å². The molecule has 196 valence electrons. The summed E-state index contributed by atoms with van der Waals surface area (Å²) in [6.07, 6.45) is 6.89. The Bertz CT molecular complexity index is 1400. The summed E-state index contributed by atoms with van der Waals surface area (Å²) in [6, 6.07) is 16.7. The van der Waals surface area contributed by atoms with E-state index in [0.717, 1.165) is 91.1 Å². The molecule has 2 aliphatic heterocycles. The van der Waals surface area contributed by atoms with Crippen molar-refractivity contribution in [2.45, 2.75) is 32.2 Å². The van der Waals surface area contributed by atoms with Crippen molar-refractivity contribution in [2.75, 3.05) is 43.5 Å². The molecule has 8 heteroatoms. The third kappa shape index (κ3) is 5.42.